The predicted octanol–water partition coefficient (Wildman–Crippen LogP) is 3.22. The first-order valence-electron chi connectivity index (χ1n) is 7.22. The van der Waals surface area contributed by atoms with Gasteiger partial charge in [0.25, 0.3) is 0 Å². The minimum Gasteiger partial charge on any atom is -0.462 e. The fraction of sp³-hybridized carbons (Fsp3) is 0.312. The zero-order valence-electron chi connectivity index (χ0n) is 13.0. The number of rotatable bonds is 6. The first kappa shape index (κ1) is 15.8. The van der Waals surface area contributed by atoms with Crippen molar-refractivity contribution >= 4 is 23.4 Å². The van der Waals surface area contributed by atoms with E-state index >= 15 is 0 Å². The Kier molecular flexibility index (Phi) is 5.30. The monoisotopic (exact) mass is 300 g/mol. The molecule has 116 valence electrons. The molecule has 0 amide bonds. The third kappa shape index (κ3) is 4.44. The van der Waals surface area contributed by atoms with Gasteiger partial charge >= 0.3 is 5.97 Å². The second-order valence-electron chi connectivity index (χ2n) is 4.99. The standard InChI is InChI=1S/C16H20N4O2/c1-4-22-15(21)12-5-7-13(8-6-12)19-16-17-10-9-14(20-16)18-11(2)3/h5-11H,4H2,1-3H3,(H2,17,18,19,20). The topological polar surface area (TPSA) is 76.1 Å². The smallest absolute Gasteiger partial charge is 0.338 e. The molecular formula is C16H20N4O2. The van der Waals surface area contributed by atoms with E-state index in [0.29, 0.717) is 24.2 Å². The third-order valence-electron chi connectivity index (χ3n) is 2.74. The highest BCUT2D eigenvalue weighted by atomic mass is 16.5. The van der Waals surface area contributed by atoms with E-state index < -0.39 is 0 Å². The second-order valence-corrected chi connectivity index (χ2v) is 4.99. The summed E-state index contributed by atoms with van der Waals surface area (Å²) >= 11 is 0. The lowest BCUT2D eigenvalue weighted by molar-refractivity contribution is 0.0526. The minimum atomic E-state index is -0.326. The Morgan fingerprint density at radius 1 is 1.23 bits per heavy atom. The number of esters is 1. The molecular weight excluding hydrogens is 280 g/mol. The molecule has 1 aromatic carbocycles. The first-order valence-corrected chi connectivity index (χ1v) is 7.22. The molecule has 0 unspecified atom stereocenters. The second kappa shape index (κ2) is 7.40. The summed E-state index contributed by atoms with van der Waals surface area (Å²) in [6.45, 7) is 6.23. The number of hydrogen-bond donors (Lipinski definition) is 2. The van der Waals surface area contributed by atoms with Crippen LogP contribution in [0.3, 0.4) is 0 Å². The predicted molar refractivity (Wildman–Crippen MR) is 86.5 cm³/mol. The highest BCUT2D eigenvalue weighted by Gasteiger charge is 2.06. The molecule has 6 heteroatoms. The Balaban J connectivity index is 2.06. The largest absolute Gasteiger partial charge is 0.462 e. The van der Waals surface area contributed by atoms with Gasteiger partial charge in [0.1, 0.15) is 5.82 Å². The average molecular weight is 300 g/mol. The molecule has 0 aliphatic carbocycles. The minimum absolute atomic E-state index is 0.298. The van der Waals surface area contributed by atoms with Crippen LogP contribution in [0.5, 0.6) is 0 Å². The molecule has 0 fully saturated rings. The highest BCUT2D eigenvalue weighted by molar-refractivity contribution is 5.89. The van der Waals surface area contributed by atoms with Crippen LogP contribution in [0.25, 0.3) is 0 Å². The molecule has 6 nitrogen and oxygen atoms in total. The molecule has 0 radical (unpaired) electrons. The number of carbonyl (C=O) groups is 1. The van der Waals surface area contributed by atoms with Crippen molar-refractivity contribution in [2.45, 2.75) is 26.8 Å². The van der Waals surface area contributed by atoms with Gasteiger partial charge in [0, 0.05) is 17.9 Å². The van der Waals surface area contributed by atoms with Gasteiger partial charge in [0.2, 0.25) is 5.95 Å². The highest BCUT2D eigenvalue weighted by Crippen LogP contribution is 2.16. The summed E-state index contributed by atoms with van der Waals surface area (Å²) in [4.78, 5) is 20.1. The van der Waals surface area contributed by atoms with Crippen molar-refractivity contribution in [2.24, 2.45) is 0 Å². The molecule has 2 N–H and O–H groups in total. The van der Waals surface area contributed by atoms with Crippen LogP contribution in [0.15, 0.2) is 36.5 Å². The number of nitrogens with one attached hydrogen (secondary N) is 2. The fourth-order valence-corrected chi connectivity index (χ4v) is 1.83. The van der Waals surface area contributed by atoms with Gasteiger partial charge in [-0.2, -0.15) is 4.98 Å². The van der Waals surface area contributed by atoms with E-state index in [9.17, 15) is 4.79 Å². The Bertz CT molecular complexity index is 626. The number of anilines is 3. The van der Waals surface area contributed by atoms with Crippen molar-refractivity contribution in [3.05, 3.63) is 42.1 Å². The normalized spacial score (nSPS) is 10.4. The van der Waals surface area contributed by atoms with Gasteiger partial charge in [-0.3, -0.25) is 0 Å². The number of hydrogen-bond acceptors (Lipinski definition) is 6. The molecule has 22 heavy (non-hydrogen) atoms. The first-order chi connectivity index (χ1) is 10.6. The van der Waals surface area contributed by atoms with E-state index in [1.54, 1.807) is 37.4 Å². The van der Waals surface area contributed by atoms with Gasteiger partial charge in [-0.05, 0) is 51.1 Å². The quantitative estimate of drug-likeness (QED) is 0.798. The molecule has 0 bridgehead atoms. The van der Waals surface area contributed by atoms with Crippen LogP contribution in [-0.4, -0.2) is 28.6 Å². The zero-order chi connectivity index (χ0) is 15.9. The molecule has 0 aliphatic rings. The van der Waals surface area contributed by atoms with Crippen molar-refractivity contribution in [1.82, 2.24) is 9.97 Å². The maximum absolute atomic E-state index is 11.6. The van der Waals surface area contributed by atoms with Crippen molar-refractivity contribution in [1.29, 1.82) is 0 Å². The van der Waals surface area contributed by atoms with Crippen LogP contribution in [-0.2, 0) is 4.74 Å². The fourth-order valence-electron chi connectivity index (χ4n) is 1.83. The van der Waals surface area contributed by atoms with Crippen LogP contribution in [0.4, 0.5) is 17.5 Å². The van der Waals surface area contributed by atoms with Crippen molar-refractivity contribution in [2.75, 3.05) is 17.2 Å². The van der Waals surface area contributed by atoms with Crippen LogP contribution >= 0.6 is 0 Å². The van der Waals surface area contributed by atoms with Crippen molar-refractivity contribution in [3.8, 4) is 0 Å². The van der Waals surface area contributed by atoms with Crippen molar-refractivity contribution < 1.29 is 9.53 Å². The van der Waals surface area contributed by atoms with Gasteiger partial charge in [0.05, 0.1) is 12.2 Å². The zero-order valence-corrected chi connectivity index (χ0v) is 13.0. The lowest BCUT2D eigenvalue weighted by Crippen LogP contribution is -2.11. The Morgan fingerprint density at radius 2 is 1.95 bits per heavy atom. The number of nitrogens with zero attached hydrogens (tertiary/aromatic N) is 2. The Labute approximate surface area is 129 Å². The summed E-state index contributed by atoms with van der Waals surface area (Å²) in [7, 11) is 0. The summed E-state index contributed by atoms with van der Waals surface area (Å²) in [5.41, 5.74) is 1.32. The van der Waals surface area contributed by atoms with E-state index in [1.807, 2.05) is 19.9 Å². The number of benzene rings is 1. The van der Waals surface area contributed by atoms with E-state index in [4.69, 9.17) is 4.74 Å². The SMILES string of the molecule is CCOC(=O)c1ccc(Nc2nccc(NC(C)C)n2)cc1. The molecule has 2 rings (SSSR count). The van der Waals surface area contributed by atoms with Crippen LogP contribution in [0.2, 0.25) is 0 Å². The number of carbonyl (C=O) groups excluding carboxylic acids is 1. The lowest BCUT2D eigenvalue weighted by atomic mass is 10.2. The van der Waals surface area contributed by atoms with E-state index in [-0.39, 0.29) is 5.97 Å². The van der Waals surface area contributed by atoms with E-state index in [2.05, 4.69) is 20.6 Å². The van der Waals surface area contributed by atoms with Crippen LogP contribution in [0.1, 0.15) is 31.1 Å². The summed E-state index contributed by atoms with van der Waals surface area (Å²) in [5.74, 6) is 0.929. The molecule has 1 aromatic heterocycles. The molecule has 0 atom stereocenters. The van der Waals surface area contributed by atoms with Gasteiger partial charge in [-0.15, -0.1) is 0 Å². The van der Waals surface area contributed by atoms with Gasteiger partial charge in [-0.25, -0.2) is 9.78 Å². The number of ether oxygens (including phenoxy) is 1. The van der Waals surface area contributed by atoms with Gasteiger partial charge in [-0.1, -0.05) is 0 Å². The van der Waals surface area contributed by atoms with Crippen molar-refractivity contribution in [3.63, 3.8) is 0 Å². The molecule has 2 aromatic rings. The molecule has 0 saturated heterocycles. The molecule has 0 aliphatic heterocycles. The summed E-state index contributed by atoms with van der Waals surface area (Å²) in [6.07, 6.45) is 1.69. The van der Waals surface area contributed by atoms with Gasteiger partial charge < -0.3 is 15.4 Å². The molecule has 1 heterocycles. The Hall–Kier alpha value is -2.63. The average Bonchev–Trinajstić information content (AvgIpc) is 2.48. The van der Waals surface area contributed by atoms with E-state index in [0.717, 1.165) is 11.5 Å². The summed E-state index contributed by atoms with van der Waals surface area (Å²) < 4.78 is 4.95. The maximum atomic E-state index is 11.6. The maximum Gasteiger partial charge on any atom is 0.338 e. The Morgan fingerprint density at radius 3 is 2.59 bits per heavy atom. The molecule has 0 spiro atoms. The lowest BCUT2D eigenvalue weighted by Gasteiger charge is -2.10. The summed E-state index contributed by atoms with van der Waals surface area (Å²) in [5, 5.41) is 6.32. The summed E-state index contributed by atoms with van der Waals surface area (Å²) in [6, 6.07) is 9.10. The van der Waals surface area contributed by atoms with Crippen LogP contribution in [0, 0.1) is 0 Å². The molecule has 0 saturated carbocycles. The van der Waals surface area contributed by atoms with Crippen LogP contribution < -0.4 is 10.6 Å². The third-order valence-corrected chi connectivity index (χ3v) is 2.74. The number of aromatic nitrogens is 2. The van der Waals surface area contributed by atoms with E-state index in [1.165, 1.54) is 0 Å². The van der Waals surface area contributed by atoms with Gasteiger partial charge in [0.15, 0.2) is 0 Å².